The molecule has 0 aliphatic heterocycles. The number of para-hydroxylation sites is 1. The fourth-order valence-corrected chi connectivity index (χ4v) is 3.53. The van der Waals surface area contributed by atoms with E-state index in [9.17, 15) is 0 Å². The second kappa shape index (κ2) is 4.87. The zero-order valence-electron chi connectivity index (χ0n) is 11.9. The number of imidazole rings is 1. The van der Waals surface area contributed by atoms with Crippen molar-refractivity contribution in [3.05, 3.63) is 23.8 Å². The van der Waals surface area contributed by atoms with E-state index < -0.39 is 0 Å². The van der Waals surface area contributed by atoms with Gasteiger partial charge in [-0.3, -0.25) is 0 Å². The van der Waals surface area contributed by atoms with E-state index in [0.29, 0.717) is 12.0 Å². The van der Waals surface area contributed by atoms with Gasteiger partial charge in [-0.2, -0.15) is 0 Å². The van der Waals surface area contributed by atoms with Crippen molar-refractivity contribution in [3.8, 4) is 0 Å². The summed E-state index contributed by atoms with van der Waals surface area (Å²) in [6, 6.07) is 6.90. The Hall–Kier alpha value is -1.51. The molecule has 1 aliphatic rings. The fraction of sp³-hybridized carbons (Fsp3) is 0.562. The second-order valence-electron chi connectivity index (χ2n) is 5.88. The van der Waals surface area contributed by atoms with Crippen LogP contribution in [0.3, 0.4) is 0 Å². The molecule has 0 bridgehead atoms. The first-order valence-corrected chi connectivity index (χ1v) is 7.43. The highest BCUT2D eigenvalue weighted by atomic mass is 15.2. The highest BCUT2D eigenvalue weighted by Gasteiger charge is 2.25. The van der Waals surface area contributed by atoms with Crippen molar-refractivity contribution < 1.29 is 0 Å². The van der Waals surface area contributed by atoms with E-state index in [2.05, 4.69) is 41.6 Å². The van der Waals surface area contributed by atoms with E-state index in [-0.39, 0.29) is 0 Å². The quantitative estimate of drug-likeness (QED) is 0.881. The van der Waals surface area contributed by atoms with Crippen LogP contribution < -0.4 is 5.73 Å². The van der Waals surface area contributed by atoms with E-state index in [1.54, 1.807) is 0 Å². The predicted octanol–water partition coefficient (Wildman–Crippen LogP) is 4.07. The number of fused-ring (bicyclic) bond motifs is 1. The third-order valence-corrected chi connectivity index (χ3v) is 4.65. The molecule has 1 saturated carbocycles. The minimum Gasteiger partial charge on any atom is -0.369 e. The second-order valence-corrected chi connectivity index (χ2v) is 5.88. The monoisotopic (exact) mass is 257 g/mol. The van der Waals surface area contributed by atoms with Gasteiger partial charge in [-0.05, 0) is 37.3 Å². The first-order valence-electron chi connectivity index (χ1n) is 7.43. The zero-order valence-corrected chi connectivity index (χ0v) is 11.9. The van der Waals surface area contributed by atoms with Crippen molar-refractivity contribution in [3.63, 3.8) is 0 Å². The molecule has 0 radical (unpaired) electrons. The van der Waals surface area contributed by atoms with Gasteiger partial charge in [0.25, 0.3) is 0 Å². The van der Waals surface area contributed by atoms with Crippen LogP contribution in [-0.4, -0.2) is 9.55 Å². The lowest BCUT2D eigenvalue weighted by Crippen LogP contribution is -2.20. The number of nitrogens with zero attached hydrogens (tertiary/aromatic N) is 2. The molecule has 3 rings (SSSR count). The van der Waals surface area contributed by atoms with Gasteiger partial charge in [-0.25, -0.2) is 4.98 Å². The van der Waals surface area contributed by atoms with Crippen LogP contribution in [0.4, 0.5) is 5.95 Å². The number of benzene rings is 1. The highest BCUT2D eigenvalue weighted by molar-refractivity contribution is 5.81. The average Bonchev–Trinajstić information content (AvgIpc) is 2.77. The first kappa shape index (κ1) is 12.5. The molecular weight excluding hydrogens is 234 g/mol. The van der Waals surface area contributed by atoms with E-state index in [0.717, 1.165) is 11.4 Å². The molecule has 2 aromatic rings. The van der Waals surface area contributed by atoms with Gasteiger partial charge in [-0.15, -0.1) is 0 Å². The topological polar surface area (TPSA) is 43.8 Å². The predicted molar refractivity (Wildman–Crippen MR) is 80.2 cm³/mol. The largest absolute Gasteiger partial charge is 0.369 e. The maximum absolute atomic E-state index is 6.19. The van der Waals surface area contributed by atoms with Crippen molar-refractivity contribution in [2.24, 2.45) is 5.92 Å². The molecule has 102 valence electrons. The van der Waals surface area contributed by atoms with Gasteiger partial charge in [-0.1, -0.05) is 38.3 Å². The van der Waals surface area contributed by atoms with Crippen LogP contribution in [0.25, 0.3) is 11.0 Å². The third-order valence-electron chi connectivity index (χ3n) is 4.65. The summed E-state index contributed by atoms with van der Waals surface area (Å²) in [4.78, 5) is 4.58. The van der Waals surface area contributed by atoms with Crippen LogP contribution in [0, 0.1) is 12.8 Å². The Morgan fingerprint density at radius 2 is 2.21 bits per heavy atom. The van der Waals surface area contributed by atoms with Crippen molar-refractivity contribution in [2.75, 3.05) is 5.73 Å². The van der Waals surface area contributed by atoms with E-state index >= 15 is 0 Å². The molecule has 3 nitrogen and oxygen atoms in total. The van der Waals surface area contributed by atoms with E-state index in [1.165, 1.54) is 43.2 Å². The molecule has 1 aromatic heterocycles. The first-order chi connectivity index (χ1) is 9.20. The molecule has 0 amide bonds. The number of nitrogens with two attached hydrogens (primary N) is 1. The molecule has 2 atom stereocenters. The van der Waals surface area contributed by atoms with Crippen molar-refractivity contribution in [1.82, 2.24) is 9.55 Å². The number of anilines is 1. The summed E-state index contributed by atoms with van der Waals surface area (Å²) in [5.41, 5.74) is 9.68. The average molecular weight is 257 g/mol. The van der Waals surface area contributed by atoms with Crippen molar-refractivity contribution >= 4 is 17.0 Å². The van der Waals surface area contributed by atoms with Gasteiger partial charge in [0.2, 0.25) is 5.95 Å². The maximum Gasteiger partial charge on any atom is 0.201 e. The number of rotatable bonds is 2. The fourth-order valence-electron chi connectivity index (χ4n) is 3.53. The van der Waals surface area contributed by atoms with Crippen LogP contribution in [0.2, 0.25) is 0 Å². The molecule has 19 heavy (non-hydrogen) atoms. The van der Waals surface area contributed by atoms with Gasteiger partial charge in [0.05, 0.1) is 11.0 Å². The molecular formula is C16H23N3. The lowest BCUT2D eigenvalue weighted by atomic mass is 9.84. The highest BCUT2D eigenvalue weighted by Crippen LogP contribution is 2.37. The minimum absolute atomic E-state index is 0.533. The summed E-state index contributed by atoms with van der Waals surface area (Å²) in [7, 11) is 0. The Kier molecular flexibility index (Phi) is 3.21. The summed E-state index contributed by atoms with van der Waals surface area (Å²) in [6.07, 6.45) is 6.45. The molecule has 2 unspecified atom stereocenters. The van der Waals surface area contributed by atoms with Crippen LogP contribution in [0.5, 0.6) is 0 Å². The Morgan fingerprint density at radius 3 is 3.00 bits per heavy atom. The molecule has 3 heteroatoms. The minimum atomic E-state index is 0.533. The number of hydrogen-bond acceptors (Lipinski definition) is 2. The Balaban J connectivity index is 2.04. The van der Waals surface area contributed by atoms with Crippen LogP contribution in [0.15, 0.2) is 18.2 Å². The smallest absolute Gasteiger partial charge is 0.201 e. The molecule has 0 saturated heterocycles. The zero-order chi connectivity index (χ0) is 13.4. The van der Waals surface area contributed by atoms with Gasteiger partial charge < -0.3 is 10.3 Å². The van der Waals surface area contributed by atoms with Gasteiger partial charge >= 0.3 is 0 Å². The third kappa shape index (κ3) is 2.11. The maximum atomic E-state index is 6.19. The van der Waals surface area contributed by atoms with Crippen LogP contribution in [-0.2, 0) is 0 Å². The van der Waals surface area contributed by atoms with Crippen molar-refractivity contribution in [1.29, 1.82) is 0 Å². The van der Waals surface area contributed by atoms with Gasteiger partial charge in [0.1, 0.15) is 0 Å². The summed E-state index contributed by atoms with van der Waals surface area (Å²) >= 11 is 0. The number of hydrogen-bond donors (Lipinski definition) is 1. The van der Waals surface area contributed by atoms with Crippen LogP contribution >= 0.6 is 0 Å². The molecule has 1 fully saturated rings. The number of aryl methyl sites for hydroxylation is 1. The SMILES string of the molecule is CCC1CCCC(n2c(N)nc3c(C)cccc32)C1. The summed E-state index contributed by atoms with van der Waals surface area (Å²) in [6.45, 7) is 4.40. The number of aromatic nitrogens is 2. The molecule has 1 aromatic carbocycles. The van der Waals surface area contributed by atoms with Gasteiger partial charge in [0, 0.05) is 6.04 Å². The number of nitrogen functional groups attached to an aromatic ring is 1. The molecule has 1 heterocycles. The summed E-state index contributed by atoms with van der Waals surface area (Å²) in [5, 5.41) is 0. The van der Waals surface area contributed by atoms with Crippen LogP contribution in [0.1, 0.15) is 50.6 Å². The van der Waals surface area contributed by atoms with Crippen molar-refractivity contribution in [2.45, 2.75) is 52.0 Å². The standard InChI is InChI=1S/C16H23N3/c1-3-12-7-5-8-13(10-12)19-14-9-4-6-11(2)15(14)18-16(19)17/h4,6,9,12-13H,3,5,7-8,10H2,1-2H3,(H2,17,18). The summed E-state index contributed by atoms with van der Waals surface area (Å²) < 4.78 is 2.28. The Labute approximate surface area is 114 Å². The molecule has 1 aliphatic carbocycles. The summed E-state index contributed by atoms with van der Waals surface area (Å²) in [5.74, 6) is 1.53. The Bertz CT molecular complexity index is 585. The van der Waals surface area contributed by atoms with E-state index in [4.69, 9.17) is 5.73 Å². The molecule has 2 N–H and O–H groups in total. The Morgan fingerprint density at radius 1 is 1.37 bits per heavy atom. The lowest BCUT2D eigenvalue weighted by Gasteiger charge is -2.30. The normalized spacial score (nSPS) is 23.9. The lowest BCUT2D eigenvalue weighted by molar-refractivity contribution is 0.267. The van der Waals surface area contributed by atoms with E-state index in [1.807, 2.05) is 0 Å². The van der Waals surface area contributed by atoms with Gasteiger partial charge in [0.15, 0.2) is 0 Å². The molecule has 0 spiro atoms.